The van der Waals surface area contributed by atoms with E-state index in [0.717, 1.165) is 0 Å². The van der Waals surface area contributed by atoms with E-state index in [-0.39, 0.29) is 18.5 Å². The summed E-state index contributed by atoms with van der Waals surface area (Å²) in [4.78, 5) is 11.3. The lowest BCUT2D eigenvalue weighted by molar-refractivity contribution is -0.121. The second kappa shape index (κ2) is 6.79. The summed E-state index contributed by atoms with van der Waals surface area (Å²) in [6.45, 7) is 8.51. The Morgan fingerprint density at radius 2 is 1.86 bits per heavy atom. The monoisotopic (exact) mass is 202 g/mol. The highest BCUT2D eigenvalue weighted by atomic mass is 16.3. The third-order valence-electron chi connectivity index (χ3n) is 2.11. The van der Waals surface area contributed by atoms with Gasteiger partial charge in [0.05, 0.1) is 12.6 Å². The summed E-state index contributed by atoms with van der Waals surface area (Å²) in [6.07, 6.45) is -0.412. The Kier molecular flexibility index (Phi) is 6.49. The predicted molar refractivity (Wildman–Crippen MR) is 57.0 cm³/mol. The lowest BCUT2D eigenvalue weighted by Crippen LogP contribution is -2.42. The molecule has 0 heterocycles. The predicted octanol–water partition coefficient (Wildman–Crippen LogP) is 0.118. The molecule has 0 aliphatic heterocycles. The van der Waals surface area contributed by atoms with Crippen molar-refractivity contribution in [1.82, 2.24) is 10.6 Å². The van der Waals surface area contributed by atoms with Crippen molar-refractivity contribution in [3.05, 3.63) is 0 Å². The van der Waals surface area contributed by atoms with Gasteiger partial charge in [0.15, 0.2) is 0 Å². The smallest absolute Gasteiger partial charge is 0.234 e. The van der Waals surface area contributed by atoms with Crippen LogP contribution in [-0.2, 0) is 4.79 Å². The third kappa shape index (κ3) is 6.86. The molecule has 0 aromatic rings. The molecule has 1 amide bonds. The number of amides is 1. The van der Waals surface area contributed by atoms with Crippen molar-refractivity contribution in [2.75, 3.05) is 13.1 Å². The van der Waals surface area contributed by atoms with Crippen molar-refractivity contribution in [2.24, 2.45) is 5.92 Å². The van der Waals surface area contributed by atoms with Gasteiger partial charge in [-0.05, 0) is 19.8 Å². The van der Waals surface area contributed by atoms with Crippen molar-refractivity contribution < 1.29 is 9.90 Å². The molecule has 0 aliphatic carbocycles. The van der Waals surface area contributed by atoms with Gasteiger partial charge < -0.3 is 15.7 Å². The lowest BCUT2D eigenvalue weighted by Gasteiger charge is -2.17. The first kappa shape index (κ1) is 13.4. The third-order valence-corrected chi connectivity index (χ3v) is 2.11. The van der Waals surface area contributed by atoms with Gasteiger partial charge in [0, 0.05) is 12.6 Å². The molecule has 0 spiro atoms. The molecular weight excluding hydrogens is 180 g/mol. The van der Waals surface area contributed by atoms with Crippen LogP contribution in [0, 0.1) is 5.92 Å². The van der Waals surface area contributed by atoms with Crippen molar-refractivity contribution in [1.29, 1.82) is 0 Å². The summed E-state index contributed by atoms with van der Waals surface area (Å²) >= 11 is 0. The molecule has 0 saturated carbocycles. The summed E-state index contributed by atoms with van der Waals surface area (Å²) in [7, 11) is 0. The molecule has 0 aromatic heterocycles. The summed E-state index contributed by atoms with van der Waals surface area (Å²) < 4.78 is 0. The second-order valence-electron chi connectivity index (χ2n) is 4.08. The molecule has 4 nitrogen and oxygen atoms in total. The standard InChI is InChI=1S/C10H22N2O2/c1-7(2)9(4)12-10(14)6-11-5-8(3)13/h7-9,11,13H,5-6H2,1-4H3,(H,12,14). The van der Waals surface area contributed by atoms with Gasteiger partial charge in [-0.3, -0.25) is 4.79 Å². The molecule has 0 saturated heterocycles. The zero-order valence-electron chi connectivity index (χ0n) is 9.50. The van der Waals surface area contributed by atoms with Crippen molar-refractivity contribution in [3.8, 4) is 0 Å². The van der Waals surface area contributed by atoms with E-state index in [4.69, 9.17) is 5.11 Å². The molecule has 2 atom stereocenters. The Morgan fingerprint density at radius 1 is 1.29 bits per heavy atom. The van der Waals surface area contributed by atoms with Crippen LogP contribution in [0.1, 0.15) is 27.7 Å². The van der Waals surface area contributed by atoms with Crippen LogP contribution in [0.25, 0.3) is 0 Å². The fourth-order valence-electron chi connectivity index (χ4n) is 0.866. The Labute approximate surface area is 86.1 Å². The van der Waals surface area contributed by atoms with Crippen LogP contribution in [0.15, 0.2) is 0 Å². The number of carbonyl (C=O) groups excluding carboxylic acids is 1. The van der Waals surface area contributed by atoms with Crippen LogP contribution in [0.3, 0.4) is 0 Å². The van der Waals surface area contributed by atoms with E-state index >= 15 is 0 Å². The SMILES string of the molecule is CC(O)CNCC(=O)NC(C)C(C)C. The maximum Gasteiger partial charge on any atom is 0.234 e. The molecule has 0 aliphatic rings. The molecular formula is C10H22N2O2. The van der Waals surface area contributed by atoms with Gasteiger partial charge in [-0.25, -0.2) is 0 Å². The molecule has 4 heteroatoms. The van der Waals surface area contributed by atoms with E-state index < -0.39 is 6.10 Å². The highest BCUT2D eigenvalue weighted by Crippen LogP contribution is 1.98. The van der Waals surface area contributed by atoms with E-state index in [1.807, 2.05) is 6.92 Å². The van der Waals surface area contributed by atoms with Crippen molar-refractivity contribution >= 4 is 5.91 Å². The van der Waals surface area contributed by atoms with Crippen LogP contribution >= 0.6 is 0 Å². The average molecular weight is 202 g/mol. The van der Waals surface area contributed by atoms with Crippen LogP contribution in [0.2, 0.25) is 0 Å². The minimum Gasteiger partial charge on any atom is -0.392 e. The zero-order valence-corrected chi connectivity index (χ0v) is 9.50. The molecule has 0 aromatic carbocycles. The van der Waals surface area contributed by atoms with Crippen LogP contribution in [0.5, 0.6) is 0 Å². The van der Waals surface area contributed by atoms with Gasteiger partial charge in [-0.15, -0.1) is 0 Å². The number of nitrogens with one attached hydrogen (secondary N) is 2. The lowest BCUT2D eigenvalue weighted by atomic mass is 10.1. The highest BCUT2D eigenvalue weighted by molar-refractivity contribution is 5.78. The van der Waals surface area contributed by atoms with Crippen LogP contribution < -0.4 is 10.6 Å². The first-order valence-corrected chi connectivity index (χ1v) is 5.11. The molecule has 84 valence electrons. The summed E-state index contributed by atoms with van der Waals surface area (Å²) in [6, 6.07) is 0.191. The molecule has 2 unspecified atom stereocenters. The number of hydrogen-bond acceptors (Lipinski definition) is 3. The first-order valence-electron chi connectivity index (χ1n) is 5.11. The van der Waals surface area contributed by atoms with Gasteiger partial charge in [-0.1, -0.05) is 13.8 Å². The zero-order chi connectivity index (χ0) is 11.1. The Hall–Kier alpha value is -0.610. The van der Waals surface area contributed by atoms with Crippen LogP contribution in [-0.4, -0.2) is 36.2 Å². The van der Waals surface area contributed by atoms with Crippen LogP contribution in [0.4, 0.5) is 0 Å². The van der Waals surface area contributed by atoms with E-state index in [9.17, 15) is 4.79 Å². The molecule has 0 radical (unpaired) electrons. The fourth-order valence-corrected chi connectivity index (χ4v) is 0.866. The Morgan fingerprint density at radius 3 is 2.29 bits per heavy atom. The summed E-state index contributed by atoms with van der Waals surface area (Å²) in [5, 5.41) is 14.7. The quantitative estimate of drug-likeness (QED) is 0.573. The normalized spacial score (nSPS) is 15.3. The second-order valence-corrected chi connectivity index (χ2v) is 4.08. The number of rotatable bonds is 6. The molecule has 0 rings (SSSR count). The Bertz CT molecular complexity index is 170. The average Bonchev–Trinajstić information content (AvgIpc) is 2.02. The number of hydrogen-bond donors (Lipinski definition) is 3. The molecule has 0 fully saturated rings. The summed E-state index contributed by atoms with van der Waals surface area (Å²) in [5.74, 6) is 0.419. The van der Waals surface area contributed by atoms with Gasteiger partial charge in [0.1, 0.15) is 0 Å². The minimum atomic E-state index is -0.412. The van der Waals surface area contributed by atoms with Gasteiger partial charge in [0.25, 0.3) is 0 Å². The molecule has 0 bridgehead atoms. The Balaban J connectivity index is 3.55. The summed E-state index contributed by atoms with van der Waals surface area (Å²) in [5.41, 5.74) is 0. The number of aliphatic hydroxyl groups is 1. The van der Waals surface area contributed by atoms with Gasteiger partial charge in [0.2, 0.25) is 5.91 Å². The van der Waals surface area contributed by atoms with Gasteiger partial charge >= 0.3 is 0 Å². The largest absolute Gasteiger partial charge is 0.392 e. The number of carbonyl (C=O) groups is 1. The first-order chi connectivity index (χ1) is 6.43. The molecule has 3 N–H and O–H groups in total. The van der Waals surface area contributed by atoms with E-state index in [0.29, 0.717) is 12.5 Å². The minimum absolute atomic E-state index is 0.0214. The van der Waals surface area contributed by atoms with Gasteiger partial charge in [-0.2, -0.15) is 0 Å². The maximum absolute atomic E-state index is 11.3. The highest BCUT2D eigenvalue weighted by Gasteiger charge is 2.09. The van der Waals surface area contributed by atoms with E-state index in [1.165, 1.54) is 0 Å². The molecule has 14 heavy (non-hydrogen) atoms. The number of aliphatic hydroxyl groups excluding tert-OH is 1. The van der Waals surface area contributed by atoms with Crippen molar-refractivity contribution in [2.45, 2.75) is 39.8 Å². The maximum atomic E-state index is 11.3. The van der Waals surface area contributed by atoms with Crippen molar-refractivity contribution in [3.63, 3.8) is 0 Å². The van der Waals surface area contributed by atoms with E-state index in [1.54, 1.807) is 6.92 Å². The van der Waals surface area contributed by atoms with E-state index in [2.05, 4.69) is 24.5 Å². The fraction of sp³-hybridized carbons (Fsp3) is 0.900. The topological polar surface area (TPSA) is 61.4 Å².